The molecule has 0 saturated heterocycles. The maximum atomic E-state index is 13.1. The molecule has 0 bridgehead atoms. The van der Waals surface area contributed by atoms with Gasteiger partial charge < -0.3 is 5.32 Å². The van der Waals surface area contributed by atoms with Gasteiger partial charge in [0.25, 0.3) is 0 Å². The average molecular weight is 199 g/mol. The van der Waals surface area contributed by atoms with Gasteiger partial charge in [-0.1, -0.05) is 0 Å². The maximum Gasteiger partial charge on any atom is 0.221 e. The summed E-state index contributed by atoms with van der Waals surface area (Å²) >= 11 is 0. The number of nitrogens with one attached hydrogen (secondary N) is 1. The highest BCUT2D eigenvalue weighted by Crippen LogP contribution is 2.20. The van der Waals surface area contributed by atoms with Crippen LogP contribution in [0, 0.1) is 11.6 Å². The number of benzene rings is 1. The van der Waals surface area contributed by atoms with Gasteiger partial charge in [-0.05, 0) is 12.1 Å². The van der Waals surface area contributed by atoms with Crippen molar-refractivity contribution < 1.29 is 18.4 Å². The van der Waals surface area contributed by atoms with Crippen molar-refractivity contribution in [3.05, 3.63) is 29.3 Å². The molecule has 1 aromatic carbocycles. The van der Waals surface area contributed by atoms with Crippen LogP contribution in [0.2, 0.25) is 0 Å². The molecule has 0 fully saturated rings. The van der Waals surface area contributed by atoms with Crippen molar-refractivity contribution in [3.8, 4) is 0 Å². The van der Waals surface area contributed by atoms with Crippen LogP contribution in [0.15, 0.2) is 12.1 Å². The quantitative estimate of drug-likeness (QED) is 0.737. The van der Waals surface area contributed by atoms with Crippen LogP contribution in [0.5, 0.6) is 0 Å². The van der Waals surface area contributed by atoms with Gasteiger partial charge in [0, 0.05) is 12.5 Å². The fourth-order valence-corrected chi connectivity index (χ4v) is 0.967. The third-order valence-corrected chi connectivity index (χ3v) is 1.56. The van der Waals surface area contributed by atoms with E-state index in [-0.39, 0.29) is 5.56 Å². The van der Waals surface area contributed by atoms with Gasteiger partial charge in [0.05, 0.1) is 5.69 Å². The summed E-state index contributed by atoms with van der Waals surface area (Å²) in [5.74, 6) is -2.92. The minimum absolute atomic E-state index is 0.0981. The molecule has 0 atom stereocenters. The molecule has 0 spiro atoms. The highest BCUT2D eigenvalue weighted by Gasteiger charge is 2.13. The second-order valence-corrected chi connectivity index (χ2v) is 2.62. The van der Waals surface area contributed by atoms with Crippen LogP contribution < -0.4 is 5.32 Å². The summed E-state index contributed by atoms with van der Waals surface area (Å²) < 4.78 is 25.8. The average Bonchev–Trinajstić information content (AvgIpc) is 2.13. The Morgan fingerprint density at radius 2 is 2.07 bits per heavy atom. The molecule has 3 nitrogen and oxygen atoms in total. The summed E-state index contributed by atoms with van der Waals surface area (Å²) in [6.07, 6.45) is 0.341. The lowest BCUT2D eigenvalue weighted by Gasteiger charge is -2.06. The second kappa shape index (κ2) is 3.95. The summed E-state index contributed by atoms with van der Waals surface area (Å²) in [4.78, 5) is 21.1. The monoisotopic (exact) mass is 199 g/mol. The predicted molar refractivity (Wildman–Crippen MR) is 46.0 cm³/mol. The van der Waals surface area contributed by atoms with Crippen LogP contribution in [0.3, 0.4) is 0 Å². The first-order chi connectivity index (χ1) is 6.56. The van der Waals surface area contributed by atoms with E-state index < -0.39 is 23.2 Å². The smallest absolute Gasteiger partial charge is 0.221 e. The van der Waals surface area contributed by atoms with Crippen molar-refractivity contribution in [2.45, 2.75) is 6.92 Å². The SMILES string of the molecule is CC(=O)Nc1c(C=O)ccc(F)c1F. The van der Waals surface area contributed by atoms with Gasteiger partial charge in [0.2, 0.25) is 5.91 Å². The van der Waals surface area contributed by atoms with Crippen molar-refractivity contribution >= 4 is 17.9 Å². The minimum atomic E-state index is -1.23. The van der Waals surface area contributed by atoms with E-state index in [1.807, 2.05) is 5.32 Å². The largest absolute Gasteiger partial charge is 0.323 e. The Balaban J connectivity index is 3.27. The van der Waals surface area contributed by atoms with Crippen molar-refractivity contribution in [1.82, 2.24) is 0 Å². The zero-order chi connectivity index (χ0) is 10.7. The zero-order valence-electron chi connectivity index (χ0n) is 7.30. The highest BCUT2D eigenvalue weighted by molar-refractivity contribution is 5.95. The van der Waals surface area contributed by atoms with Gasteiger partial charge in [-0.25, -0.2) is 8.78 Å². The van der Waals surface area contributed by atoms with Gasteiger partial charge in [-0.15, -0.1) is 0 Å². The van der Waals surface area contributed by atoms with E-state index >= 15 is 0 Å². The van der Waals surface area contributed by atoms with Gasteiger partial charge in [-0.2, -0.15) is 0 Å². The number of carbonyl (C=O) groups is 2. The number of hydrogen-bond acceptors (Lipinski definition) is 2. The number of aldehydes is 1. The fraction of sp³-hybridized carbons (Fsp3) is 0.111. The molecule has 0 saturated carbocycles. The molecule has 1 rings (SSSR count). The van der Waals surface area contributed by atoms with Crippen molar-refractivity contribution in [1.29, 1.82) is 0 Å². The number of halogens is 2. The van der Waals surface area contributed by atoms with Gasteiger partial charge in [-0.3, -0.25) is 9.59 Å². The summed E-state index contributed by atoms with van der Waals surface area (Å²) in [6, 6.07) is 1.92. The predicted octanol–water partition coefficient (Wildman–Crippen LogP) is 1.74. The van der Waals surface area contributed by atoms with E-state index in [1.165, 1.54) is 0 Å². The second-order valence-electron chi connectivity index (χ2n) is 2.62. The molecule has 1 amide bonds. The first-order valence-corrected chi connectivity index (χ1v) is 3.77. The van der Waals surface area contributed by atoms with Crippen molar-refractivity contribution in [2.75, 3.05) is 5.32 Å². The molecular formula is C9H7F2NO2. The molecule has 0 aromatic heterocycles. The maximum absolute atomic E-state index is 13.1. The van der Waals surface area contributed by atoms with Crippen molar-refractivity contribution in [3.63, 3.8) is 0 Å². The lowest BCUT2D eigenvalue weighted by atomic mass is 10.2. The van der Waals surface area contributed by atoms with Crippen LogP contribution in [-0.2, 0) is 4.79 Å². The van der Waals surface area contributed by atoms with E-state index in [4.69, 9.17) is 0 Å². The Labute approximate surface area is 78.7 Å². The Morgan fingerprint density at radius 1 is 1.43 bits per heavy atom. The number of anilines is 1. The van der Waals surface area contributed by atoms with E-state index in [0.29, 0.717) is 6.29 Å². The number of hydrogen-bond donors (Lipinski definition) is 1. The fourth-order valence-electron chi connectivity index (χ4n) is 0.967. The topological polar surface area (TPSA) is 46.2 Å². The molecule has 0 aliphatic rings. The van der Waals surface area contributed by atoms with Gasteiger partial charge in [0.15, 0.2) is 17.9 Å². The first kappa shape index (κ1) is 10.3. The number of rotatable bonds is 2. The zero-order valence-corrected chi connectivity index (χ0v) is 7.30. The molecular weight excluding hydrogens is 192 g/mol. The van der Waals surface area contributed by atoms with E-state index in [0.717, 1.165) is 19.1 Å². The molecule has 14 heavy (non-hydrogen) atoms. The Hall–Kier alpha value is -1.78. The molecule has 0 radical (unpaired) electrons. The third kappa shape index (κ3) is 1.93. The summed E-state index contributed by atoms with van der Waals surface area (Å²) in [6.45, 7) is 1.14. The molecule has 1 aromatic rings. The van der Waals surface area contributed by atoms with Crippen LogP contribution in [0.1, 0.15) is 17.3 Å². The Bertz CT molecular complexity index is 391. The molecule has 0 unspecified atom stereocenters. The van der Waals surface area contributed by atoms with Crippen LogP contribution in [0.4, 0.5) is 14.5 Å². The van der Waals surface area contributed by atoms with E-state index in [2.05, 4.69) is 0 Å². The summed E-state index contributed by atoms with van der Waals surface area (Å²) in [5.41, 5.74) is -0.522. The number of carbonyl (C=O) groups excluding carboxylic acids is 2. The Morgan fingerprint density at radius 3 is 2.57 bits per heavy atom. The molecule has 0 aliphatic carbocycles. The normalized spacial score (nSPS) is 9.64. The molecule has 0 heterocycles. The molecule has 74 valence electrons. The summed E-state index contributed by atoms with van der Waals surface area (Å²) in [7, 11) is 0. The van der Waals surface area contributed by atoms with Gasteiger partial charge in [0.1, 0.15) is 0 Å². The number of amides is 1. The minimum Gasteiger partial charge on any atom is -0.323 e. The van der Waals surface area contributed by atoms with E-state index in [1.54, 1.807) is 0 Å². The lowest BCUT2D eigenvalue weighted by molar-refractivity contribution is -0.114. The molecule has 5 heteroatoms. The standard InChI is InChI=1S/C9H7F2NO2/c1-5(14)12-9-6(4-13)2-3-7(10)8(9)11/h2-4H,1H3,(H,12,14). The van der Waals surface area contributed by atoms with E-state index in [9.17, 15) is 18.4 Å². The lowest BCUT2D eigenvalue weighted by Crippen LogP contribution is -2.10. The highest BCUT2D eigenvalue weighted by atomic mass is 19.2. The van der Waals surface area contributed by atoms with Crippen LogP contribution in [-0.4, -0.2) is 12.2 Å². The van der Waals surface area contributed by atoms with Gasteiger partial charge >= 0.3 is 0 Å². The Kier molecular flexibility index (Phi) is 2.91. The molecule has 0 aliphatic heterocycles. The van der Waals surface area contributed by atoms with Crippen LogP contribution >= 0.6 is 0 Å². The van der Waals surface area contributed by atoms with Crippen LogP contribution in [0.25, 0.3) is 0 Å². The summed E-state index contributed by atoms with van der Waals surface area (Å²) in [5, 5.41) is 2.05. The third-order valence-electron chi connectivity index (χ3n) is 1.56. The van der Waals surface area contributed by atoms with Crippen molar-refractivity contribution in [2.24, 2.45) is 0 Å². The first-order valence-electron chi connectivity index (χ1n) is 3.77. The molecule has 1 N–H and O–H groups in total.